The highest BCUT2D eigenvalue weighted by molar-refractivity contribution is 5.78. The van der Waals surface area contributed by atoms with Crippen LogP contribution in [0.1, 0.15) is 5.56 Å². The Hall–Kier alpha value is -1.80. The molecule has 0 radical (unpaired) electrons. The summed E-state index contributed by atoms with van der Waals surface area (Å²) in [5.74, 6) is 0. The Balaban J connectivity index is 2.59. The smallest absolute Gasteiger partial charge is 0.0393 e. The Labute approximate surface area is 89.5 Å². The van der Waals surface area contributed by atoms with Gasteiger partial charge in [0.2, 0.25) is 0 Å². The average molecular weight is 198 g/mol. The number of nitrogens with two attached hydrogens (primary N) is 2. The van der Waals surface area contributed by atoms with Crippen LogP contribution in [0.15, 0.2) is 48.5 Å². The minimum atomic E-state index is 0.532. The Morgan fingerprint density at radius 3 is 2.07 bits per heavy atom. The highest BCUT2D eigenvalue weighted by atomic mass is 14.6. The first-order valence-corrected chi connectivity index (χ1v) is 4.96. The summed E-state index contributed by atoms with van der Waals surface area (Å²) in [6.45, 7) is 0.532. The van der Waals surface area contributed by atoms with E-state index in [0.717, 1.165) is 22.4 Å². The molecule has 15 heavy (non-hydrogen) atoms. The molecule has 0 atom stereocenters. The first-order chi connectivity index (χ1) is 7.33. The first kappa shape index (κ1) is 9.74. The van der Waals surface area contributed by atoms with Gasteiger partial charge < -0.3 is 11.5 Å². The first-order valence-electron chi connectivity index (χ1n) is 4.96. The van der Waals surface area contributed by atoms with E-state index in [-0.39, 0.29) is 0 Å². The van der Waals surface area contributed by atoms with Crippen molar-refractivity contribution in [3.63, 3.8) is 0 Å². The predicted molar refractivity (Wildman–Crippen MR) is 64.2 cm³/mol. The van der Waals surface area contributed by atoms with Gasteiger partial charge in [0.15, 0.2) is 0 Å². The predicted octanol–water partition coefficient (Wildman–Crippen LogP) is 2.39. The van der Waals surface area contributed by atoms with E-state index >= 15 is 0 Å². The molecule has 0 saturated heterocycles. The minimum absolute atomic E-state index is 0.532. The molecule has 0 aromatic heterocycles. The van der Waals surface area contributed by atoms with Crippen LogP contribution in [0, 0.1) is 0 Å². The number of hydrogen-bond donors (Lipinski definition) is 2. The second-order valence-corrected chi connectivity index (χ2v) is 3.45. The van der Waals surface area contributed by atoms with Gasteiger partial charge in [-0.2, -0.15) is 0 Å². The lowest BCUT2D eigenvalue weighted by Gasteiger charge is -2.09. The fourth-order valence-corrected chi connectivity index (χ4v) is 1.70. The lowest BCUT2D eigenvalue weighted by molar-refractivity contribution is 1.07. The van der Waals surface area contributed by atoms with Gasteiger partial charge >= 0.3 is 0 Å². The topological polar surface area (TPSA) is 52.0 Å². The van der Waals surface area contributed by atoms with Crippen molar-refractivity contribution in [1.82, 2.24) is 0 Å². The van der Waals surface area contributed by atoms with E-state index in [0.29, 0.717) is 6.54 Å². The molecule has 0 saturated carbocycles. The minimum Gasteiger partial charge on any atom is -0.398 e. The van der Waals surface area contributed by atoms with Gasteiger partial charge in [-0.3, -0.25) is 0 Å². The van der Waals surface area contributed by atoms with Crippen molar-refractivity contribution in [2.45, 2.75) is 6.54 Å². The molecule has 0 aliphatic rings. The summed E-state index contributed by atoms with van der Waals surface area (Å²) < 4.78 is 0. The summed E-state index contributed by atoms with van der Waals surface area (Å²) in [6, 6.07) is 15.9. The zero-order chi connectivity index (χ0) is 10.7. The highest BCUT2D eigenvalue weighted by Crippen LogP contribution is 2.28. The van der Waals surface area contributed by atoms with Crippen molar-refractivity contribution < 1.29 is 0 Å². The van der Waals surface area contributed by atoms with E-state index in [1.54, 1.807) is 0 Å². The molecule has 4 N–H and O–H groups in total. The molecule has 0 bridgehead atoms. The van der Waals surface area contributed by atoms with Gasteiger partial charge in [0.25, 0.3) is 0 Å². The molecule has 2 heteroatoms. The molecular formula is C13H14N2. The van der Waals surface area contributed by atoms with Crippen LogP contribution in [0.2, 0.25) is 0 Å². The number of para-hydroxylation sites is 1. The largest absolute Gasteiger partial charge is 0.398 e. The lowest BCUT2D eigenvalue weighted by atomic mass is 9.98. The third kappa shape index (κ3) is 1.85. The van der Waals surface area contributed by atoms with Crippen molar-refractivity contribution in [3.05, 3.63) is 54.1 Å². The molecule has 0 unspecified atom stereocenters. The molecule has 0 amide bonds. The van der Waals surface area contributed by atoms with Gasteiger partial charge in [0, 0.05) is 17.8 Å². The van der Waals surface area contributed by atoms with Gasteiger partial charge in [0.1, 0.15) is 0 Å². The van der Waals surface area contributed by atoms with Gasteiger partial charge in [-0.15, -0.1) is 0 Å². The fourth-order valence-electron chi connectivity index (χ4n) is 1.70. The van der Waals surface area contributed by atoms with Gasteiger partial charge in [-0.05, 0) is 17.2 Å². The van der Waals surface area contributed by atoms with Crippen molar-refractivity contribution in [2.24, 2.45) is 5.73 Å². The quantitative estimate of drug-likeness (QED) is 0.728. The monoisotopic (exact) mass is 198 g/mol. The molecule has 0 heterocycles. The third-order valence-electron chi connectivity index (χ3n) is 2.49. The molecule has 0 aliphatic carbocycles. The number of hydrogen-bond acceptors (Lipinski definition) is 2. The number of rotatable bonds is 2. The summed E-state index contributed by atoms with van der Waals surface area (Å²) in [7, 11) is 0. The van der Waals surface area contributed by atoms with Gasteiger partial charge in [-0.1, -0.05) is 42.5 Å². The number of nitrogen functional groups attached to an aromatic ring is 1. The Bertz CT molecular complexity index is 464. The van der Waals surface area contributed by atoms with Crippen molar-refractivity contribution in [1.29, 1.82) is 0 Å². The summed E-state index contributed by atoms with van der Waals surface area (Å²) in [5, 5.41) is 0. The molecular weight excluding hydrogens is 184 g/mol. The molecule has 0 fully saturated rings. The standard InChI is InChI=1S/C13H14N2/c14-9-10-5-1-2-6-11(10)12-7-3-4-8-13(12)15/h1-8H,9,14-15H2. The normalized spacial score (nSPS) is 10.2. The maximum Gasteiger partial charge on any atom is 0.0393 e. The lowest BCUT2D eigenvalue weighted by Crippen LogP contribution is -1.99. The van der Waals surface area contributed by atoms with E-state index < -0.39 is 0 Å². The van der Waals surface area contributed by atoms with Crippen LogP contribution in [-0.4, -0.2) is 0 Å². The fraction of sp³-hybridized carbons (Fsp3) is 0.0769. The van der Waals surface area contributed by atoms with Crippen LogP contribution in [0.25, 0.3) is 11.1 Å². The summed E-state index contributed by atoms with van der Waals surface area (Å²) >= 11 is 0. The Kier molecular flexibility index (Phi) is 2.70. The molecule has 2 aromatic rings. The van der Waals surface area contributed by atoms with Crippen LogP contribution < -0.4 is 11.5 Å². The van der Waals surface area contributed by atoms with E-state index in [4.69, 9.17) is 11.5 Å². The summed E-state index contributed by atoms with van der Waals surface area (Å²) in [6.07, 6.45) is 0. The Morgan fingerprint density at radius 1 is 0.800 bits per heavy atom. The van der Waals surface area contributed by atoms with E-state index in [9.17, 15) is 0 Å². The Morgan fingerprint density at radius 2 is 1.40 bits per heavy atom. The summed E-state index contributed by atoms with van der Waals surface area (Å²) in [4.78, 5) is 0. The van der Waals surface area contributed by atoms with Crippen LogP contribution in [0.4, 0.5) is 5.69 Å². The van der Waals surface area contributed by atoms with Crippen LogP contribution in [0.5, 0.6) is 0 Å². The van der Waals surface area contributed by atoms with Crippen molar-refractivity contribution in [2.75, 3.05) is 5.73 Å². The van der Waals surface area contributed by atoms with E-state index in [1.807, 2.05) is 48.5 Å². The average Bonchev–Trinajstić information content (AvgIpc) is 2.30. The molecule has 2 rings (SSSR count). The molecule has 2 aromatic carbocycles. The second kappa shape index (κ2) is 4.15. The van der Waals surface area contributed by atoms with Gasteiger partial charge in [-0.25, -0.2) is 0 Å². The third-order valence-corrected chi connectivity index (χ3v) is 2.49. The van der Waals surface area contributed by atoms with Crippen molar-refractivity contribution in [3.8, 4) is 11.1 Å². The zero-order valence-electron chi connectivity index (χ0n) is 8.48. The zero-order valence-corrected chi connectivity index (χ0v) is 8.48. The maximum atomic E-state index is 5.94. The van der Waals surface area contributed by atoms with Gasteiger partial charge in [0.05, 0.1) is 0 Å². The van der Waals surface area contributed by atoms with Crippen molar-refractivity contribution >= 4 is 5.69 Å². The van der Waals surface area contributed by atoms with Crippen LogP contribution in [0.3, 0.4) is 0 Å². The van der Waals surface area contributed by atoms with E-state index in [2.05, 4.69) is 0 Å². The molecule has 76 valence electrons. The molecule has 0 spiro atoms. The van der Waals surface area contributed by atoms with Crippen LogP contribution in [-0.2, 0) is 6.54 Å². The second-order valence-electron chi connectivity index (χ2n) is 3.45. The SMILES string of the molecule is NCc1ccccc1-c1ccccc1N. The van der Waals surface area contributed by atoms with E-state index in [1.165, 1.54) is 0 Å². The molecule has 0 aliphatic heterocycles. The number of benzene rings is 2. The van der Waals surface area contributed by atoms with Crippen LogP contribution >= 0.6 is 0 Å². The number of anilines is 1. The summed E-state index contributed by atoms with van der Waals surface area (Å²) in [5.41, 5.74) is 15.7. The highest BCUT2D eigenvalue weighted by Gasteiger charge is 2.05. The maximum absolute atomic E-state index is 5.94. The molecule has 2 nitrogen and oxygen atoms in total.